The topological polar surface area (TPSA) is 52.0 Å². The Morgan fingerprint density at radius 3 is 1.00 bits per heavy atom. The summed E-state index contributed by atoms with van der Waals surface area (Å²) in [7, 11) is 9.75. The zero-order valence-corrected chi connectivity index (χ0v) is 12.3. The van der Waals surface area contributed by atoms with Crippen LogP contribution in [0.15, 0.2) is 0 Å². The van der Waals surface area contributed by atoms with Crippen LogP contribution < -0.4 is 11.5 Å². The first-order chi connectivity index (χ1) is 5.95. The molecule has 2 nitrogen and oxygen atoms in total. The molecular weight excluding hydrogens is 390 g/mol. The Hall–Kier alpha value is 1.19. The fourth-order valence-corrected chi connectivity index (χ4v) is 0. The number of hydrogen-bond acceptors (Lipinski definition) is 2. The summed E-state index contributed by atoms with van der Waals surface area (Å²) in [5.74, 6) is 1.07. The minimum atomic E-state index is -0.472. The molecule has 0 amide bonds. The van der Waals surface area contributed by atoms with Crippen LogP contribution in [-0.2, 0) is 16.5 Å². The summed E-state index contributed by atoms with van der Waals surface area (Å²) in [6.07, 6.45) is 0. The van der Waals surface area contributed by atoms with Gasteiger partial charge in [0, 0.05) is 0 Å². The van der Waals surface area contributed by atoms with Crippen molar-refractivity contribution in [2.45, 2.75) is 27.7 Å². The van der Waals surface area contributed by atoms with E-state index in [9.17, 15) is 0 Å². The number of rotatable bonds is 2. The SMILES string of the molecule is CC(C)[CH-]N.CC(C)[CH-]N.[Cl][Pt+2][Cl]. The van der Waals surface area contributed by atoms with E-state index in [0.29, 0.717) is 11.8 Å². The van der Waals surface area contributed by atoms with E-state index in [1.54, 1.807) is 13.1 Å². The molecule has 0 aliphatic heterocycles. The molecule has 4 N–H and O–H groups in total. The van der Waals surface area contributed by atoms with Gasteiger partial charge in [-0.1, -0.05) is 27.7 Å². The van der Waals surface area contributed by atoms with Crippen LogP contribution >= 0.6 is 18.8 Å². The summed E-state index contributed by atoms with van der Waals surface area (Å²) in [6.45, 7) is 11.5. The van der Waals surface area contributed by atoms with Crippen molar-refractivity contribution in [3.63, 3.8) is 0 Å². The monoisotopic (exact) mass is 409 g/mol. The van der Waals surface area contributed by atoms with E-state index in [-0.39, 0.29) is 0 Å². The fraction of sp³-hybridized carbons (Fsp3) is 0.750. The average Bonchev–Trinajstić information content (AvgIpc) is 2.07. The van der Waals surface area contributed by atoms with Gasteiger partial charge in [-0.15, -0.1) is 0 Å². The molecular formula is C8H20Cl2N2Pt. The first kappa shape index (κ1) is 19.7. The Labute approximate surface area is 99.1 Å². The standard InChI is InChI=1S/2C4H10N.2ClH.Pt/c2*1-4(2)3-5;;;/h2*3-4H,5H2,1-2H3;2*1H;/q2*-1;;;+4/p-2. The second kappa shape index (κ2) is 18.9. The average molecular weight is 410 g/mol. The van der Waals surface area contributed by atoms with Gasteiger partial charge in [-0.05, 0) is 0 Å². The van der Waals surface area contributed by atoms with Crippen molar-refractivity contribution >= 4 is 18.8 Å². The molecule has 0 rings (SSSR count). The molecule has 0 saturated heterocycles. The van der Waals surface area contributed by atoms with E-state index in [1.165, 1.54) is 0 Å². The van der Waals surface area contributed by atoms with Gasteiger partial charge in [0.05, 0.1) is 0 Å². The number of halogens is 2. The van der Waals surface area contributed by atoms with E-state index in [1.807, 2.05) is 27.7 Å². The molecule has 0 aromatic heterocycles. The van der Waals surface area contributed by atoms with Gasteiger partial charge in [0.1, 0.15) is 0 Å². The van der Waals surface area contributed by atoms with Crippen LogP contribution in [0.1, 0.15) is 27.7 Å². The van der Waals surface area contributed by atoms with Gasteiger partial charge in [0.15, 0.2) is 0 Å². The first-order valence-electron chi connectivity index (χ1n) is 3.88. The van der Waals surface area contributed by atoms with Crippen molar-refractivity contribution in [2.24, 2.45) is 23.3 Å². The Bertz CT molecular complexity index is 65.2. The number of hydrogen-bond donors (Lipinski definition) is 2. The van der Waals surface area contributed by atoms with Crippen molar-refractivity contribution in [1.82, 2.24) is 0 Å². The van der Waals surface area contributed by atoms with Crippen molar-refractivity contribution in [3.05, 3.63) is 13.1 Å². The fourth-order valence-electron chi connectivity index (χ4n) is 0. The zero-order valence-electron chi connectivity index (χ0n) is 8.54. The van der Waals surface area contributed by atoms with E-state index < -0.39 is 16.5 Å². The van der Waals surface area contributed by atoms with Crippen molar-refractivity contribution in [1.29, 1.82) is 0 Å². The third-order valence-corrected chi connectivity index (χ3v) is 0.770. The van der Waals surface area contributed by atoms with Crippen molar-refractivity contribution in [2.75, 3.05) is 0 Å². The maximum absolute atomic E-state index is 5.05. The van der Waals surface area contributed by atoms with E-state index >= 15 is 0 Å². The van der Waals surface area contributed by atoms with Gasteiger partial charge in [0.2, 0.25) is 0 Å². The quantitative estimate of drug-likeness (QED) is 0.688. The number of nitrogens with two attached hydrogens (primary N) is 2. The molecule has 0 aromatic carbocycles. The molecule has 0 unspecified atom stereocenters. The molecule has 0 aliphatic carbocycles. The molecule has 0 atom stereocenters. The van der Waals surface area contributed by atoms with Gasteiger partial charge in [0.25, 0.3) is 0 Å². The van der Waals surface area contributed by atoms with Crippen LogP contribution in [0.5, 0.6) is 0 Å². The zero-order chi connectivity index (χ0) is 11.3. The van der Waals surface area contributed by atoms with Gasteiger partial charge < -0.3 is 11.5 Å². The summed E-state index contributed by atoms with van der Waals surface area (Å²) in [6, 6.07) is 0. The van der Waals surface area contributed by atoms with Crippen LogP contribution in [0.4, 0.5) is 0 Å². The van der Waals surface area contributed by atoms with E-state index in [0.717, 1.165) is 0 Å². The molecule has 0 spiro atoms. The van der Waals surface area contributed by atoms with Crippen LogP contribution in [-0.4, -0.2) is 0 Å². The van der Waals surface area contributed by atoms with Crippen molar-refractivity contribution < 1.29 is 16.5 Å². The molecule has 0 radical (unpaired) electrons. The predicted octanol–water partition coefficient (Wildman–Crippen LogP) is 2.90. The predicted molar refractivity (Wildman–Crippen MR) is 58.4 cm³/mol. The normalized spacial score (nSPS) is 9.08. The molecule has 13 heavy (non-hydrogen) atoms. The molecule has 0 aromatic rings. The third kappa shape index (κ3) is 61.3. The van der Waals surface area contributed by atoms with Crippen molar-refractivity contribution in [3.8, 4) is 0 Å². The third-order valence-electron chi connectivity index (χ3n) is 0.770. The maximum atomic E-state index is 5.05. The molecule has 0 aliphatic rings. The molecule has 0 heterocycles. The summed E-state index contributed by atoms with van der Waals surface area (Å²) in [5, 5.41) is 0. The summed E-state index contributed by atoms with van der Waals surface area (Å²) < 4.78 is 0. The van der Waals surface area contributed by atoms with Crippen LogP contribution in [0.2, 0.25) is 0 Å². The molecule has 5 heteroatoms. The van der Waals surface area contributed by atoms with Gasteiger partial charge in [-0.2, -0.15) is 11.8 Å². The Kier molecular flexibility index (Phi) is 28.6. The second-order valence-electron chi connectivity index (χ2n) is 2.92. The summed E-state index contributed by atoms with van der Waals surface area (Å²) in [5.41, 5.74) is 10.1. The second-order valence-corrected chi connectivity index (χ2v) is 6.20. The van der Waals surface area contributed by atoms with Gasteiger partial charge in [-0.3, -0.25) is 13.1 Å². The Morgan fingerprint density at radius 2 is 1.00 bits per heavy atom. The van der Waals surface area contributed by atoms with Crippen LogP contribution in [0.25, 0.3) is 0 Å². The van der Waals surface area contributed by atoms with Gasteiger partial charge in [-0.25, -0.2) is 0 Å². The summed E-state index contributed by atoms with van der Waals surface area (Å²) in [4.78, 5) is 0. The van der Waals surface area contributed by atoms with Crippen LogP contribution in [0.3, 0.4) is 0 Å². The molecule has 0 fully saturated rings. The molecule has 86 valence electrons. The molecule has 0 bridgehead atoms. The minimum absolute atomic E-state index is 0.472. The van der Waals surface area contributed by atoms with E-state index in [2.05, 4.69) is 0 Å². The molecule has 0 saturated carbocycles. The van der Waals surface area contributed by atoms with Gasteiger partial charge >= 0.3 is 35.3 Å². The Morgan fingerprint density at radius 1 is 0.923 bits per heavy atom. The Balaban J connectivity index is -0.000000120. The van der Waals surface area contributed by atoms with Crippen LogP contribution in [0, 0.1) is 24.9 Å². The summed E-state index contributed by atoms with van der Waals surface area (Å²) >= 11 is -0.472. The first-order valence-corrected chi connectivity index (χ1v) is 9.51. The van der Waals surface area contributed by atoms with E-state index in [4.69, 9.17) is 30.3 Å².